The van der Waals surface area contributed by atoms with Gasteiger partial charge < -0.3 is 16.2 Å². The highest BCUT2D eigenvalue weighted by atomic mass is 127. The van der Waals surface area contributed by atoms with E-state index in [0.29, 0.717) is 17.7 Å². The lowest BCUT2D eigenvalue weighted by Gasteiger charge is -2.10. The normalized spacial score (nSPS) is 10.1. The molecule has 5 nitrogen and oxygen atoms in total. The topological polar surface area (TPSA) is 109 Å². The monoisotopic (exact) mass is 394 g/mol. The molecule has 2 aromatic rings. The largest absolute Gasteiger partial charge is 0.488 e. The van der Waals surface area contributed by atoms with Gasteiger partial charge in [0, 0.05) is 11.1 Å². The summed E-state index contributed by atoms with van der Waals surface area (Å²) < 4.78 is 6.66. The molecule has 0 aliphatic heterocycles. The quantitative estimate of drug-likeness (QED) is 0.355. The zero-order chi connectivity index (χ0) is 15.4. The maximum absolute atomic E-state index is 7.40. The van der Waals surface area contributed by atoms with Crippen LogP contribution < -0.4 is 16.2 Å². The number of hydrogen-bond acceptors (Lipinski definition) is 3. The first-order chi connectivity index (χ1) is 9.97. The maximum atomic E-state index is 7.40. The van der Waals surface area contributed by atoms with Crippen molar-refractivity contribution in [2.24, 2.45) is 11.5 Å². The standard InChI is InChI=1S/C15H15IN4O/c16-12-7-11(15(19)20)5-6-13(12)21-8-9-1-3-10(4-2-9)14(17)18/h1-7H,8H2,(H3,17,18)(H3,19,20). The van der Waals surface area contributed by atoms with E-state index in [1.165, 1.54) is 0 Å². The SMILES string of the molecule is N=C(N)c1ccc(COc2ccc(C(=N)N)cc2I)cc1. The molecule has 6 heteroatoms. The zero-order valence-electron chi connectivity index (χ0n) is 11.2. The molecule has 0 heterocycles. The number of nitrogens with two attached hydrogens (primary N) is 2. The second-order valence-corrected chi connectivity index (χ2v) is 5.62. The lowest BCUT2D eigenvalue weighted by molar-refractivity contribution is 0.304. The van der Waals surface area contributed by atoms with E-state index in [4.69, 9.17) is 27.0 Å². The molecule has 0 saturated heterocycles. The van der Waals surface area contributed by atoms with Crippen molar-refractivity contribution in [3.05, 3.63) is 62.7 Å². The minimum absolute atomic E-state index is 0.0410. The van der Waals surface area contributed by atoms with E-state index in [1.807, 2.05) is 24.3 Å². The fourth-order valence-corrected chi connectivity index (χ4v) is 2.40. The Morgan fingerprint density at radius 1 is 0.952 bits per heavy atom. The van der Waals surface area contributed by atoms with Crippen molar-refractivity contribution in [2.45, 2.75) is 6.61 Å². The van der Waals surface area contributed by atoms with Gasteiger partial charge in [-0.15, -0.1) is 0 Å². The summed E-state index contributed by atoms with van der Waals surface area (Å²) in [6.07, 6.45) is 0. The van der Waals surface area contributed by atoms with Gasteiger partial charge in [-0.25, -0.2) is 0 Å². The second-order valence-electron chi connectivity index (χ2n) is 4.46. The van der Waals surface area contributed by atoms with Crippen LogP contribution in [0.5, 0.6) is 5.75 Å². The molecule has 2 rings (SSSR count). The lowest BCUT2D eigenvalue weighted by Crippen LogP contribution is -2.11. The Labute approximate surface area is 136 Å². The van der Waals surface area contributed by atoms with Crippen LogP contribution in [0.4, 0.5) is 0 Å². The van der Waals surface area contributed by atoms with E-state index in [-0.39, 0.29) is 11.7 Å². The first-order valence-corrected chi connectivity index (χ1v) is 7.25. The summed E-state index contributed by atoms with van der Waals surface area (Å²) in [4.78, 5) is 0. The van der Waals surface area contributed by atoms with Gasteiger partial charge in [-0.1, -0.05) is 24.3 Å². The van der Waals surface area contributed by atoms with Crippen molar-refractivity contribution in [2.75, 3.05) is 0 Å². The minimum atomic E-state index is 0.0410. The Hall–Kier alpha value is -2.09. The predicted octanol–water partition coefficient (Wildman–Crippen LogP) is 2.44. The fraction of sp³-hybridized carbons (Fsp3) is 0.0667. The molecular weight excluding hydrogens is 379 g/mol. The summed E-state index contributed by atoms with van der Waals surface area (Å²) in [5, 5.41) is 14.7. The third-order valence-corrected chi connectivity index (χ3v) is 3.75. The van der Waals surface area contributed by atoms with Crippen LogP contribution >= 0.6 is 22.6 Å². The van der Waals surface area contributed by atoms with Crippen LogP contribution in [0.2, 0.25) is 0 Å². The van der Waals surface area contributed by atoms with Crippen molar-refractivity contribution in [3.63, 3.8) is 0 Å². The van der Waals surface area contributed by atoms with Crippen molar-refractivity contribution in [3.8, 4) is 5.75 Å². The molecule has 0 bridgehead atoms. The van der Waals surface area contributed by atoms with E-state index >= 15 is 0 Å². The van der Waals surface area contributed by atoms with Crippen molar-refractivity contribution < 1.29 is 4.74 Å². The van der Waals surface area contributed by atoms with Gasteiger partial charge in [0.05, 0.1) is 3.57 Å². The maximum Gasteiger partial charge on any atom is 0.133 e. The van der Waals surface area contributed by atoms with Crippen LogP contribution in [0.3, 0.4) is 0 Å². The van der Waals surface area contributed by atoms with Crippen LogP contribution in [0, 0.1) is 14.4 Å². The fourth-order valence-electron chi connectivity index (χ4n) is 1.73. The number of nitrogen functional groups attached to an aromatic ring is 2. The van der Waals surface area contributed by atoms with Gasteiger partial charge in [0.1, 0.15) is 24.0 Å². The van der Waals surface area contributed by atoms with Crippen molar-refractivity contribution in [1.82, 2.24) is 0 Å². The predicted molar refractivity (Wildman–Crippen MR) is 92.0 cm³/mol. The minimum Gasteiger partial charge on any atom is -0.488 e. The highest BCUT2D eigenvalue weighted by Gasteiger charge is 2.05. The first kappa shape index (κ1) is 15.3. The molecule has 21 heavy (non-hydrogen) atoms. The third kappa shape index (κ3) is 3.94. The Kier molecular flexibility index (Phi) is 4.79. The smallest absolute Gasteiger partial charge is 0.133 e. The van der Waals surface area contributed by atoms with Gasteiger partial charge in [0.15, 0.2) is 0 Å². The molecule has 0 atom stereocenters. The highest BCUT2D eigenvalue weighted by molar-refractivity contribution is 14.1. The summed E-state index contributed by atoms with van der Waals surface area (Å²) in [6.45, 7) is 0.424. The second kappa shape index (κ2) is 6.57. The van der Waals surface area contributed by atoms with Gasteiger partial charge in [-0.3, -0.25) is 10.8 Å². The van der Waals surface area contributed by atoms with Crippen molar-refractivity contribution in [1.29, 1.82) is 10.8 Å². The molecule has 0 aliphatic carbocycles. The van der Waals surface area contributed by atoms with Crippen LogP contribution in [0.1, 0.15) is 16.7 Å². The molecule has 6 N–H and O–H groups in total. The number of rotatable bonds is 5. The molecule has 0 spiro atoms. The van der Waals surface area contributed by atoms with E-state index < -0.39 is 0 Å². The van der Waals surface area contributed by atoms with Crippen LogP contribution in [-0.4, -0.2) is 11.7 Å². The summed E-state index contributed by atoms with van der Waals surface area (Å²) in [5.41, 5.74) is 13.2. The third-order valence-electron chi connectivity index (χ3n) is 2.90. The van der Waals surface area contributed by atoms with Crippen LogP contribution in [-0.2, 0) is 6.61 Å². The number of ether oxygens (including phenoxy) is 1. The Morgan fingerprint density at radius 2 is 1.52 bits per heavy atom. The van der Waals surface area contributed by atoms with E-state index in [9.17, 15) is 0 Å². The molecule has 0 fully saturated rings. The summed E-state index contributed by atoms with van der Waals surface area (Å²) in [6, 6.07) is 12.7. The molecular formula is C15H15IN4O. The number of halogens is 1. The van der Waals surface area contributed by atoms with Gasteiger partial charge in [0.2, 0.25) is 0 Å². The summed E-state index contributed by atoms with van der Waals surface area (Å²) >= 11 is 2.15. The van der Waals surface area contributed by atoms with E-state index in [1.54, 1.807) is 18.2 Å². The van der Waals surface area contributed by atoms with Gasteiger partial charge in [0.25, 0.3) is 0 Å². The highest BCUT2D eigenvalue weighted by Crippen LogP contribution is 2.23. The molecule has 0 radical (unpaired) electrons. The number of hydrogen-bond donors (Lipinski definition) is 4. The average Bonchev–Trinajstić information content (AvgIpc) is 2.46. The van der Waals surface area contributed by atoms with E-state index in [2.05, 4.69) is 22.6 Å². The van der Waals surface area contributed by atoms with E-state index in [0.717, 1.165) is 14.9 Å². The zero-order valence-corrected chi connectivity index (χ0v) is 13.3. The Morgan fingerprint density at radius 3 is 2.05 bits per heavy atom. The summed E-state index contributed by atoms with van der Waals surface area (Å²) in [5.74, 6) is 0.840. The average molecular weight is 394 g/mol. The molecule has 2 aromatic carbocycles. The van der Waals surface area contributed by atoms with Gasteiger partial charge in [-0.05, 0) is 46.4 Å². The molecule has 0 aliphatic rings. The Balaban J connectivity index is 2.06. The van der Waals surface area contributed by atoms with Crippen molar-refractivity contribution >= 4 is 34.3 Å². The molecule has 0 amide bonds. The molecule has 0 aromatic heterocycles. The van der Waals surface area contributed by atoms with Crippen LogP contribution in [0.25, 0.3) is 0 Å². The van der Waals surface area contributed by atoms with Gasteiger partial charge in [-0.2, -0.15) is 0 Å². The first-order valence-electron chi connectivity index (χ1n) is 6.17. The molecule has 0 saturated carbocycles. The number of amidine groups is 2. The lowest BCUT2D eigenvalue weighted by atomic mass is 10.1. The number of benzene rings is 2. The van der Waals surface area contributed by atoms with Gasteiger partial charge >= 0.3 is 0 Å². The van der Waals surface area contributed by atoms with Crippen LogP contribution in [0.15, 0.2) is 42.5 Å². The summed E-state index contributed by atoms with van der Waals surface area (Å²) in [7, 11) is 0. The Bertz CT molecular complexity index is 683. The molecule has 0 unspecified atom stereocenters. The number of nitrogens with one attached hydrogen (secondary N) is 2. The molecule has 108 valence electrons.